The van der Waals surface area contributed by atoms with Crippen molar-refractivity contribution in [3.05, 3.63) is 34.9 Å². The zero-order valence-electron chi connectivity index (χ0n) is 12.0. The molecule has 1 aromatic rings. The number of aryl methyl sites for hydroxylation is 2. The average molecular weight is 275 g/mol. The van der Waals surface area contributed by atoms with E-state index in [-0.39, 0.29) is 17.7 Å². The Hall–Kier alpha value is -2.04. The fourth-order valence-electron chi connectivity index (χ4n) is 2.60. The number of likely N-dealkylation sites (tertiary alicyclic amines) is 1. The minimum atomic E-state index is 0.0719. The van der Waals surface area contributed by atoms with E-state index in [9.17, 15) is 4.79 Å². The summed E-state index contributed by atoms with van der Waals surface area (Å²) in [5.74, 6) is 0.413. The summed E-state index contributed by atoms with van der Waals surface area (Å²) < 4.78 is 0. The number of hydrogen-bond donors (Lipinski definition) is 2. The van der Waals surface area contributed by atoms with Gasteiger partial charge in [0.1, 0.15) is 5.84 Å². The molecule has 0 spiro atoms. The third-order valence-electron chi connectivity index (χ3n) is 3.94. The molecule has 1 aromatic carbocycles. The molecule has 3 N–H and O–H groups in total. The van der Waals surface area contributed by atoms with Gasteiger partial charge in [-0.25, -0.2) is 0 Å². The van der Waals surface area contributed by atoms with E-state index in [0.29, 0.717) is 13.1 Å². The molecule has 2 rings (SSSR count). The number of oxime groups is 1. The molecule has 5 heteroatoms. The molecule has 0 aromatic heterocycles. The maximum atomic E-state index is 12.5. The first-order valence-corrected chi connectivity index (χ1v) is 6.87. The van der Waals surface area contributed by atoms with Gasteiger partial charge in [-0.05, 0) is 38.3 Å². The molecule has 108 valence electrons. The molecule has 0 radical (unpaired) electrons. The molecule has 1 aliphatic heterocycles. The van der Waals surface area contributed by atoms with Crippen molar-refractivity contribution < 1.29 is 10.0 Å². The van der Waals surface area contributed by atoms with Crippen LogP contribution in [0, 0.1) is 19.8 Å². The molecular weight excluding hydrogens is 254 g/mol. The molecule has 1 fully saturated rings. The summed E-state index contributed by atoms with van der Waals surface area (Å²) in [6.07, 6.45) is 1.49. The van der Waals surface area contributed by atoms with Crippen LogP contribution in [0.5, 0.6) is 0 Å². The number of hydrogen-bond acceptors (Lipinski definition) is 3. The van der Waals surface area contributed by atoms with Crippen LogP contribution < -0.4 is 5.73 Å². The molecule has 0 atom stereocenters. The van der Waals surface area contributed by atoms with Gasteiger partial charge in [-0.15, -0.1) is 0 Å². The van der Waals surface area contributed by atoms with Crippen LogP contribution in [0.2, 0.25) is 0 Å². The summed E-state index contributed by atoms with van der Waals surface area (Å²) in [6, 6.07) is 5.93. The molecule has 0 unspecified atom stereocenters. The Kier molecular flexibility index (Phi) is 4.27. The average Bonchev–Trinajstić information content (AvgIpc) is 2.48. The Balaban J connectivity index is 2.07. The van der Waals surface area contributed by atoms with E-state index in [2.05, 4.69) is 5.16 Å². The zero-order valence-corrected chi connectivity index (χ0v) is 12.0. The lowest BCUT2D eigenvalue weighted by Gasteiger charge is -2.31. The Morgan fingerprint density at radius 3 is 2.60 bits per heavy atom. The highest BCUT2D eigenvalue weighted by atomic mass is 16.4. The van der Waals surface area contributed by atoms with E-state index < -0.39 is 0 Å². The second-order valence-corrected chi connectivity index (χ2v) is 5.41. The number of benzene rings is 1. The lowest BCUT2D eigenvalue weighted by atomic mass is 9.95. The van der Waals surface area contributed by atoms with E-state index in [1.807, 2.05) is 36.9 Å². The van der Waals surface area contributed by atoms with E-state index >= 15 is 0 Å². The summed E-state index contributed by atoms with van der Waals surface area (Å²) in [5.41, 5.74) is 8.48. The highest BCUT2D eigenvalue weighted by Crippen LogP contribution is 2.21. The van der Waals surface area contributed by atoms with Gasteiger partial charge in [0.05, 0.1) is 0 Å². The van der Waals surface area contributed by atoms with Gasteiger partial charge in [-0.3, -0.25) is 4.79 Å². The third-order valence-corrected chi connectivity index (χ3v) is 3.94. The molecule has 0 saturated carbocycles. The molecule has 20 heavy (non-hydrogen) atoms. The second-order valence-electron chi connectivity index (χ2n) is 5.41. The van der Waals surface area contributed by atoms with Gasteiger partial charge in [-0.1, -0.05) is 22.9 Å². The van der Waals surface area contributed by atoms with Gasteiger partial charge in [0.2, 0.25) is 0 Å². The topological polar surface area (TPSA) is 78.9 Å². The minimum Gasteiger partial charge on any atom is -0.409 e. The Bertz CT molecular complexity index is 532. The smallest absolute Gasteiger partial charge is 0.254 e. The molecule has 1 aliphatic rings. The zero-order chi connectivity index (χ0) is 14.7. The first-order valence-electron chi connectivity index (χ1n) is 6.87. The van der Waals surface area contributed by atoms with E-state index in [0.717, 1.165) is 29.5 Å². The number of carbonyl (C=O) groups is 1. The van der Waals surface area contributed by atoms with Crippen LogP contribution in [0.15, 0.2) is 23.4 Å². The van der Waals surface area contributed by atoms with Crippen LogP contribution in [0.1, 0.15) is 34.3 Å². The van der Waals surface area contributed by atoms with Gasteiger partial charge in [-0.2, -0.15) is 0 Å². The van der Waals surface area contributed by atoms with Crippen molar-refractivity contribution in [3.63, 3.8) is 0 Å². The molecule has 1 amide bonds. The molecular formula is C15H21N3O2. The summed E-state index contributed by atoms with van der Waals surface area (Å²) in [7, 11) is 0. The summed E-state index contributed by atoms with van der Waals surface area (Å²) in [6.45, 7) is 5.23. The minimum absolute atomic E-state index is 0.0719. The quantitative estimate of drug-likeness (QED) is 0.374. The summed E-state index contributed by atoms with van der Waals surface area (Å²) in [5, 5.41) is 11.7. The first-order chi connectivity index (χ1) is 9.52. The maximum absolute atomic E-state index is 12.5. The predicted octanol–water partition coefficient (Wildman–Crippen LogP) is 1.90. The van der Waals surface area contributed by atoms with Gasteiger partial charge in [0.25, 0.3) is 5.91 Å². The predicted molar refractivity (Wildman–Crippen MR) is 78.0 cm³/mol. The van der Waals surface area contributed by atoms with Crippen molar-refractivity contribution in [2.24, 2.45) is 16.8 Å². The van der Waals surface area contributed by atoms with Gasteiger partial charge >= 0.3 is 0 Å². The van der Waals surface area contributed by atoms with Crippen LogP contribution in [-0.4, -0.2) is 34.9 Å². The molecule has 5 nitrogen and oxygen atoms in total. The normalized spacial score (nSPS) is 17.3. The van der Waals surface area contributed by atoms with Crippen LogP contribution >= 0.6 is 0 Å². The van der Waals surface area contributed by atoms with Crippen molar-refractivity contribution in [1.82, 2.24) is 4.90 Å². The second kappa shape index (κ2) is 5.94. The molecule has 1 saturated heterocycles. The Morgan fingerprint density at radius 2 is 2.00 bits per heavy atom. The largest absolute Gasteiger partial charge is 0.409 e. The van der Waals surface area contributed by atoms with Crippen molar-refractivity contribution in [1.29, 1.82) is 0 Å². The van der Waals surface area contributed by atoms with E-state index in [1.54, 1.807) is 0 Å². The monoisotopic (exact) mass is 275 g/mol. The van der Waals surface area contributed by atoms with Crippen LogP contribution in [0.4, 0.5) is 0 Å². The fraction of sp³-hybridized carbons (Fsp3) is 0.467. The standard InChI is InChI=1S/C15H21N3O2/c1-10-3-4-11(2)13(9-10)15(19)18-7-5-12(6-8-18)14(16)17-20/h3-4,9,12,20H,5-8H2,1-2H3,(H2,16,17). The van der Waals surface area contributed by atoms with Gasteiger partial charge in [0.15, 0.2) is 0 Å². The van der Waals surface area contributed by atoms with Crippen LogP contribution in [0.25, 0.3) is 0 Å². The van der Waals surface area contributed by atoms with Crippen molar-refractivity contribution in [2.45, 2.75) is 26.7 Å². The first kappa shape index (κ1) is 14.4. The number of amidine groups is 1. The number of piperidine rings is 1. The maximum Gasteiger partial charge on any atom is 0.254 e. The Morgan fingerprint density at radius 1 is 1.35 bits per heavy atom. The van der Waals surface area contributed by atoms with Crippen molar-refractivity contribution >= 4 is 11.7 Å². The van der Waals surface area contributed by atoms with Gasteiger partial charge < -0.3 is 15.8 Å². The number of rotatable bonds is 2. The number of carbonyl (C=O) groups excluding carboxylic acids is 1. The van der Waals surface area contributed by atoms with Crippen molar-refractivity contribution in [3.8, 4) is 0 Å². The highest BCUT2D eigenvalue weighted by molar-refractivity contribution is 5.96. The van der Waals surface area contributed by atoms with E-state index in [4.69, 9.17) is 10.9 Å². The number of nitrogens with two attached hydrogens (primary N) is 1. The SMILES string of the molecule is Cc1ccc(C)c(C(=O)N2CCC(C(N)=NO)CC2)c1. The van der Waals surface area contributed by atoms with E-state index in [1.165, 1.54) is 0 Å². The van der Waals surface area contributed by atoms with Crippen LogP contribution in [0.3, 0.4) is 0 Å². The summed E-state index contributed by atoms with van der Waals surface area (Å²) >= 11 is 0. The lowest BCUT2D eigenvalue weighted by molar-refractivity contribution is 0.0708. The Labute approximate surface area is 119 Å². The molecule has 0 aliphatic carbocycles. The lowest BCUT2D eigenvalue weighted by Crippen LogP contribution is -2.42. The summed E-state index contributed by atoms with van der Waals surface area (Å²) in [4.78, 5) is 14.4. The third kappa shape index (κ3) is 2.92. The van der Waals surface area contributed by atoms with Crippen LogP contribution in [-0.2, 0) is 0 Å². The molecule has 1 heterocycles. The molecule has 0 bridgehead atoms. The van der Waals surface area contributed by atoms with Crippen molar-refractivity contribution in [2.75, 3.05) is 13.1 Å². The van der Waals surface area contributed by atoms with Gasteiger partial charge in [0, 0.05) is 24.6 Å². The number of nitrogens with zero attached hydrogens (tertiary/aromatic N) is 2. The number of amides is 1. The fourth-order valence-corrected chi connectivity index (χ4v) is 2.60. The highest BCUT2D eigenvalue weighted by Gasteiger charge is 2.26.